The molecular weight excluding hydrogens is 210 g/mol. The van der Waals surface area contributed by atoms with Crippen LogP contribution < -0.4 is 5.32 Å². The number of hydrogen-bond donors (Lipinski definition) is 1. The third-order valence-corrected chi connectivity index (χ3v) is 3.61. The summed E-state index contributed by atoms with van der Waals surface area (Å²) in [5.74, 6) is 0. The van der Waals surface area contributed by atoms with Gasteiger partial charge in [0.25, 0.3) is 6.43 Å². The van der Waals surface area contributed by atoms with Crippen molar-refractivity contribution >= 4 is 0 Å². The Hall–Kier alpha value is -0.220. The molecule has 1 aliphatic rings. The lowest BCUT2D eigenvalue weighted by Gasteiger charge is -2.46. The molecule has 2 nitrogen and oxygen atoms in total. The number of alkyl halides is 2. The molecule has 1 aliphatic heterocycles. The van der Waals surface area contributed by atoms with Crippen molar-refractivity contribution < 1.29 is 8.78 Å². The maximum Gasteiger partial charge on any atom is 0.251 e. The van der Waals surface area contributed by atoms with Gasteiger partial charge in [-0.05, 0) is 19.8 Å². The van der Waals surface area contributed by atoms with E-state index in [0.29, 0.717) is 0 Å². The van der Waals surface area contributed by atoms with Crippen LogP contribution >= 0.6 is 0 Å². The molecule has 4 heteroatoms. The predicted molar refractivity (Wildman–Crippen MR) is 63.0 cm³/mol. The van der Waals surface area contributed by atoms with Gasteiger partial charge in [-0.2, -0.15) is 0 Å². The molecule has 0 aromatic carbocycles. The molecule has 0 aromatic rings. The molecule has 0 aromatic heterocycles. The van der Waals surface area contributed by atoms with Crippen molar-refractivity contribution in [3.8, 4) is 0 Å². The summed E-state index contributed by atoms with van der Waals surface area (Å²) in [7, 11) is 0. The van der Waals surface area contributed by atoms with Crippen LogP contribution in [0.15, 0.2) is 0 Å². The fraction of sp³-hybridized carbons (Fsp3) is 1.00. The van der Waals surface area contributed by atoms with Crippen molar-refractivity contribution in [3.63, 3.8) is 0 Å². The van der Waals surface area contributed by atoms with Crippen LogP contribution in [0.3, 0.4) is 0 Å². The minimum absolute atomic E-state index is 0.000862. The van der Waals surface area contributed by atoms with Gasteiger partial charge >= 0.3 is 0 Å². The van der Waals surface area contributed by atoms with Crippen molar-refractivity contribution in [3.05, 3.63) is 0 Å². The lowest BCUT2D eigenvalue weighted by atomic mass is 9.92. The fourth-order valence-corrected chi connectivity index (χ4v) is 2.37. The largest absolute Gasteiger partial charge is 0.309 e. The summed E-state index contributed by atoms with van der Waals surface area (Å²) in [5, 5.41) is 3.50. The van der Waals surface area contributed by atoms with Crippen LogP contribution in [0.4, 0.5) is 8.78 Å². The van der Waals surface area contributed by atoms with Crippen molar-refractivity contribution in [2.45, 2.75) is 58.0 Å². The van der Waals surface area contributed by atoms with Gasteiger partial charge in [-0.25, -0.2) is 8.78 Å². The van der Waals surface area contributed by atoms with E-state index in [1.54, 1.807) is 0 Å². The highest BCUT2D eigenvalue weighted by Gasteiger charge is 2.34. The van der Waals surface area contributed by atoms with Gasteiger partial charge < -0.3 is 5.32 Å². The highest BCUT2D eigenvalue weighted by Crippen LogP contribution is 2.21. The van der Waals surface area contributed by atoms with Gasteiger partial charge in [0.1, 0.15) is 0 Å². The molecule has 96 valence electrons. The molecule has 1 rings (SSSR count). The van der Waals surface area contributed by atoms with Gasteiger partial charge in [0.05, 0.1) is 6.54 Å². The van der Waals surface area contributed by atoms with E-state index in [0.717, 1.165) is 32.4 Å². The smallest absolute Gasteiger partial charge is 0.251 e. The van der Waals surface area contributed by atoms with Gasteiger partial charge in [0.15, 0.2) is 0 Å². The summed E-state index contributed by atoms with van der Waals surface area (Å²) in [6.45, 7) is 7.82. The van der Waals surface area contributed by atoms with Gasteiger partial charge in [0, 0.05) is 24.7 Å². The SMILES string of the molecule is CCCC1CNC(C)(CC)CN1CC(F)F. The molecule has 1 fully saturated rings. The summed E-state index contributed by atoms with van der Waals surface area (Å²) in [6.07, 6.45) is 0.804. The Kier molecular flexibility index (Phi) is 5.12. The average molecular weight is 234 g/mol. The van der Waals surface area contributed by atoms with E-state index in [4.69, 9.17) is 0 Å². The van der Waals surface area contributed by atoms with Crippen LogP contribution in [-0.2, 0) is 0 Å². The third-order valence-electron chi connectivity index (χ3n) is 3.61. The Labute approximate surface area is 97.4 Å². The quantitative estimate of drug-likeness (QED) is 0.786. The first-order chi connectivity index (χ1) is 7.50. The second kappa shape index (κ2) is 5.92. The zero-order valence-corrected chi connectivity index (χ0v) is 10.6. The molecule has 0 aliphatic carbocycles. The summed E-state index contributed by atoms with van der Waals surface area (Å²) < 4.78 is 25.1. The van der Waals surface area contributed by atoms with Crippen LogP contribution in [0.2, 0.25) is 0 Å². The Morgan fingerprint density at radius 2 is 2.12 bits per heavy atom. The first kappa shape index (κ1) is 13.8. The Morgan fingerprint density at radius 1 is 1.44 bits per heavy atom. The highest BCUT2D eigenvalue weighted by molar-refractivity contribution is 4.94. The summed E-state index contributed by atoms with van der Waals surface area (Å²) in [6, 6.07) is 0.277. The predicted octanol–water partition coefficient (Wildman–Crippen LogP) is 2.49. The van der Waals surface area contributed by atoms with Gasteiger partial charge in [-0.3, -0.25) is 4.90 Å². The Balaban J connectivity index is 2.61. The summed E-state index contributed by atoms with van der Waals surface area (Å²) >= 11 is 0. The van der Waals surface area contributed by atoms with E-state index in [1.165, 1.54) is 0 Å². The van der Waals surface area contributed by atoms with E-state index >= 15 is 0 Å². The van der Waals surface area contributed by atoms with E-state index in [9.17, 15) is 8.78 Å². The van der Waals surface area contributed by atoms with Crippen LogP contribution in [0.5, 0.6) is 0 Å². The lowest BCUT2D eigenvalue weighted by molar-refractivity contribution is 0.0201. The molecule has 1 N–H and O–H groups in total. The first-order valence-corrected chi connectivity index (χ1v) is 6.28. The minimum atomic E-state index is -2.22. The molecule has 0 saturated carbocycles. The molecule has 0 amide bonds. The van der Waals surface area contributed by atoms with E-state index in [2.05, 4.69) is 26.1 Å². The van der Waals surface area contributed by atoms with Gasteiger partial charge in [-0.15, -0.1) is 0 Å². The number of hydrogen-bond acceptors (Lipinski definition) is 2. The molecule has 1 saturated heterocycles. The zero-order valence-electron chi connectivity index (χ0n) is 10.6. The number of halogens is 2. The molecule has 0 bridgehead atoms. The standard InChI is InChI=1S/C12H24F2N2/c1-4-6-10-7-15-12(3,5-2)9-16(10)8-11(13)14/h10-11,15H,4-9H2,1-3H3. The van der Waals surface area contributed by atoms with Crippen molar-refractivity contribution in [2.75, 3.05) is 19.6 Å². The van der Waals surface area contributed by atoms with Crippen molar-refractivity contribution in [2.24, 2.45) is 0 Å². The monoisotopic (exact) mass is 234 g/mol. The summed E-state index contributed by atoms with van der Waals surface area (Å²) in [5.41, 5.74) is -0.000862. The van der Waals surface area contributed by atoms with E-state index in [1.807, 2.05) is 4.90 Å². The lowest BCUT2D eigenvalue weighted by Crippen LogP contribution is -2.63. The number of rotatable bonds is 5. The maximum atomic E-state index is 12.5. The molecule has 1 heterocycles. The number of piperazine rings is 1. The molecule has 0 spiro atoms. The molecule has 16 heavy (non-hydrogen) atoms. The van der Waals surface area contributed by atoms with Crippen molar-refractivity contribution in [1.82, 2.24) is 10.2 Å². The van der Waals surface area contributed by atoms with Gasteiger partial charge in [-0.1, -0.05) is 20.3 Å². The second-order valence-electron chi connectivity index (χ2n) is 5.06. The molecule has 0 radical (unpaired) electrons. The zero-order chi connectivity index (χ0) is 12.2. The van der Waals surface area contributed by atoms with Crippen molar-refractivity contribution in [1.29, 1.82) is 0 Å². The van der Waals surface area contributed by atoms with E-state index < -0.39 is 6.43 Å². The number of nitrogens with one attached hydrogen (secondary N) is 1. The average Bonchev–Trinajstić information content (AvgIpc) is 2.22. The second-order valence-corrected chi connectivity index (χ2v) is 5.06. The fourth-order valence-electron chi connectivity index (χ4n) is 2.37. The molecular formula is C12H24F2N2. The minimum Gasteiger partial charge on any atom is -0.309 e. The van der Waals surface area contributed by atoms with Crippen LogP contribution in [0.1, 0.15) is 40.0 Å². The molecule has 2 unspecified atom stereocenters. The van der Waals surface area contributed by atoms with Gasteiger partial charge in [0.2, 0.25) is 0 Å². The Bertz CT molecular complexity index is 211. The topological polar surface area (TPSA) is 15.3 Å². The maximum absolute atomic E-state index is 12.5. The van der Waals surface area contributed by atoms with Crippen LogP contribution in [-0.4, -0.2) is 42.5 Å². The normalized spacial score (nSPS) is 32.2. The number of nitrogens with zero attached hydrogens (tertiary/aromatic N) is 1. The Morgan fingerprint density at radius 3 is 2.62 bits per heavy atom. The van der Waals surface area contributed by atoms with Crippen LogP contribution in [0.25, 0.3) is 0 Å². The summed E-state index contributed by atoms with van der Waals surface area (Å²) in [4.78, 5) is 1.97. The first-order valence-electron chi connectivity index (χ1n) is 6.28. The van der Waals surface area contributed by atoms with Crippen LogP contribution in [0, 0.1) is 0 Å². The third kappa shape index (κ3) is 3.67. The highest BCUT2D eigenvalue weighted by atomic mass is 19.3. The van der Waals surface area contributed by atoms with E-state index in [-0.39, 0.29) is 18.1 Å². The molecule has 2 atom stereocenters.